The molecule has 0 aromatic heterocycles. The minimum Gasteiger partial charge on any atom is -0.480 e. The van der Waals surface area contributed by atoms with Crippen LogP contribution in [0.2, 0.25) is 0 Å². The molecule has 134 valence electrons. The van der Waals surface area contributed by atoms with Crippen LogP contribution in [-0.4, -0.2) is 35.0 Å². The van der Waals surface area contributed by atoms with E-state index in [1.54, 1.807) is 24.3 Å². The SMILES string of the molecule is Cc1ccc(C(=O)NC(CC2=CC(=O)NC3C=CC=CC23)C(=O)O)cc1. The van der Waals surface area contributed by atoms with Crippen LogP contribution >= 0.6 is 0 Å². The third kappa shape index (κ3) is 3.91. The second-order valence-electron chi connectivity index (χ2n) is 6.48. The molecule has 2 aliphatic rings. The van der Waals surface area contributed by atoms with Crippen molar-refractivity contribution in [1.82, 2.24) is 10.6 Å². The van der Waals surface area contributed by atoms with E-state index in [-0.39, 0.29) is 24.3 Å². The van der Waals surface area contributed by atoms with Crippen LogP contribution in [-0.2, 0) is 9.59 Å². The molecule has 3 atom stereocenters. The van der Waals surface area contributed by atoms with Gasteiger partial charge in [-0.05, 0) is 19.1 Å². The molecule has 1 aliphatic heterocycles. The number of allylic oxidation sites excluding steroid dienone is 2. The van der Waals surface area contributed by atoms with Gasteiger partial charge in [0, 0.05) is 24.0 Å². The van der Waals surface area contributed by atoms with Crippen molar-refractivity contribution in [2.45, 2.75) is 25.4 Å². The van der Waals surface area contributed by atoms with Crippen molar-refractivity contribution in [2.24, 2.45) is 5.92 Å². The number of carbonyl (C=O) groups excluding carboxylic acids is 2. The Balaban J connectivity index is 1.76. The van der Waals surface area contributed by atoms with Crippen LogP contribution in [0.5, 0.6) is 0 Å². The summed E-state index contributed by atoms with van der Waals surface area (Å²) in [6.07, 6.45) is 9.01. The number of aryl methyl sites for hydroxylation is 1. The summed E-state index contributed by atoms with van der Waals surface area (Å²) in [5, 5.41) is 14.9. The average molecular weight is 352 g/mol. The first-order valence-corrected chi connectivity index (χ1v) is 8.40. The third-order valence-electron chi connectivity index (χ3n) is 4.55. The zero-order chi connectivity index (χ0) is 18.7. The Labute approximate surface area is 151 Å². The van der Waals surface area contributed by atoms with E-state index >= 15 is 0 Å². The van der Waals surface area contributed by atoms with Gasteiger partial charge in [-0.3, -0.25) is 9.59 Å². The van der Waals surface area contributed by atoms with Gasteiger partial charge < -0.3 is 15.7 Å². The summed E-state index contributed by atoms with van der Waals surface area (Å²) in [6.45, 7) is 1.91. The molecule has 3 N–H and O–H groups in total. The highest BCUT2D eigenvalue weighted by atomic mass is 16.4. The van der Waals surface area contributed by atoms with Crippen molar-refractivity contribution >= 4 is 17.8 Å². The summed E-state index contributed by atoms with van der Waals surface area (Å²) in [4.78, 5) is 35.9. The van der Waals surface area contributed by atoms with E-state index < -0.39 is 17.9 Å². The molecule has 0 bridgehead atoms. The van der Waals surface area contributed by atoms with Gasteiger partial charge in [0.2, 0.25) is 5.91 Å². The smallest absolute Gasteiger partial charge is 0.326 e. The van der Waals surface area contributed by atoms with Gasteiger partial charge >= 0.3 is 5.97 Å². The Morgan fingerprint density at radius 2 is 1.88 bits per heavy atom. The first-order valence-electron chi connectivity index (χ1n) is 8.40. The lowest BCUT2D eigenvalue weighted by molar-refractivity contribution is -0.139. The topological polar surface area (TPSA) is 95.5 Å². The molecule has 26 heavy (non-hydrogen) atoms. The molecule has 6 nitrogen and oxygen atoms in total. The summed E-state index contributed by atoms with van der Waals surface area (Å²) in [7, 11) is 0. The van der Waals surface area contributed by atoms with Gasteiger partial charge in [-0.25, -0.2) is 4.79 Å². The number of carboxylic acid groups (broad SMARTS) is 1. The molecule has 3 rings (SSSR count). The number of rotatable bonds is 5. The number of nitrogens with one attached hydrogen (secondary N) is 2. The first kappa shape index (κ1) is 17.7. The van der Waals surface area contributed by atoms with Crippen LogP contribution in [0.1, 0.15) is 22.3 Å². The number of benzene rings is 1. The molecule has 1 aromatic carbocycles. The average Bonchev–Trinajstić information content (AvgIpc) is 2.61. The minimum atomic E-state index is -1.13. The standard InChI is InChI=1S/C20H20N2O4/c1-12-6-8-13(9-7-12)19(24)22-17(20(25)26)10-14-11-18(23)21-16-5-3-2-4-15(14)16/h2-9,11,15-17H,10H2,1H3,(H,21,23)(H,22,24)(H,25,26). The van der Waals surface area contributed by atoms with Gasteiger partial charge in [0.05, 0.1) is 6.04 Å². The van der Waals surface area contributed by atoms with Crippen molar-refractivity contribution in [3.63, 3.8) is 0 Å². The van der Waals surface area contributed by atoms with E-state index in [2.05, 4.69) is 10.6 Å². The number of carboxylic acids is 1. The zero-order valence-electron chi connectivity index (χ0n) is 14.3. The second kappa shape index (κ2) is 7.39. The van der Waals surface area contributed by atoms with Gasteiger partial charge in [0.1, 0.15) is 6.04 Å². The lowest BCUT2D eigenvalue weighted by atomic mass is 9.82. The quantitative estimate of drug-likeness (QED) is 0.752. The number of hydrogen-bond acceptors (Lipinski definition) is 3. The first-order chi connectivity index (χ1) is 12.4. The Bertz CT molecular complexity index is 821. The number of carbonyl (C=O) groups is 3. The van der Waals surface area contributed by atoms with E-state index in [9.17, 15) is 19.5 Å². The lowest BCUT2D eigenvalue weighted by Crippen LogP contribution is -2.46. The summed E-state index contributed by atoms with van der Waals surface area (Å²) in [6, 6.07) is 5.60. The predicted octanol–water partition coefficient (Wildman–Crippen LogP) is 1.74. The molecule has 0 saturated heterocycles. The molecular weight excluding hydrogens is 332 g/mol. The fourth-order valence-corrected chi connectivity index (χ4v) is 3.15. The van der Waals surface area contributed by atoms with E-state index in [1.807, 2.05) is 31.2 Å². The maximum absolute atomic E-state index is 12.4. The molecule has 2 amide bonds. The lowest BCUT2D eigenvalue weighted by Gasteiger charge is -2.32. The molecule has 1 heterocycles. The van der Waals surface area contributed by atoms with Crippen LogP contribution in [0.15, 0.2) is 60.2 Å². The van der Waals surface area contributed by atoms with Crippen molar-refractivity contribution in [1.29, 1.82) is 0 Å². The van der Waals surface area contributed by atoms with Crippen LogP contribution in [0.4, 0.5) is 0 Å². The van der Waals surface area contributed by atoms with Crippen molar-refractivity contribution < 1.29 is 19.5 Å². The van der Waals surface area contributed by atoms with Gasteiger partial charge in [0.15, 0.2) is 0 Å². The monoisotopic (exact) mass is 352 g/mol. The van der Waals surface area contributed by atoms with Crippen LogP contribution in [0.25, 0.3) is 0 Å². The van der Waals surface area contributed by atoms with Crippen molar-refractivity contribution in [2.75, 3.05) is 0 Å². The normalized spacial score (nSPS) is 22.0. The highest BCUT2D eigenvalue weighted by Gasteiger charge is 2.32. The molecule has 0 saturated carbocycles. The zero-order valence-corrected chi connectivity index (χ0v) is 14.3. The Kier molecular flexibility index (Phi) is 5.02. The fraction of sp³-hybridized carbons (Fsp3) is 0.250. The van der Waals surface area contributed by atoms with E-state index in [0.717, 1.165) is 5.56 Å². The van der Waals surface area contributed by atoms with Gasteiger partial charge in [0.25, 0.3) is 5.91 Å². The maximum Gasteiger partial charge on any atom is 0.326 e. The Morgan fingerprint density at radius 3 is 2.58 bits per heavy atom. The molecule has 6 heteroatoms. The highest BCUT2D eigenvalue weighted by molar-refractivity contribution is 5.97. The predicted molar refractivity (Wildman–Crippen MR) is 96.5 cm³/mol. The number of amides is 2. The molecule has 3 unspecified atom stereocenters. The largest absolute Gasteiger partial charge is 0.480 e. The molecular formula is C20H20N2O4. The number of aliphatic carboxylic acids is 1. The molecule has 0 spiro atoms. The Hall–Kier alpha value is -3.15. The van der Waals surface area contributed by atoms with Crippen LogP contribution in [0.3, 0.4) is 0 Å². The van der Waals surface area contributed by atoms with E-state index in [0.29, 0.717) is 11.1 Å². The summed E-state index contributed by atoms with van der Waals surface area (Å²) >= 11 is 0. The van der Waals surface area contributed by atoms with Gasteiger partial charge in [-0.1, -0.05) is 47.6 Å². The maximum atomic E-state index is 12.4. The highest BCUT2D eigenvalue weighted by Crippen LogP contribution is 2.28. The van der Waals surface area contributed by atoms with Gasteiger partial charge in [-0.15, -0.1) is 0 Å². The third-order valence-corrected chi connectivity index (χ3v) is 4.55. The Morgan fingerprint density at radius 1 is 1.19 bits per heavy atom. The van der Waals surface area contributed by atoms with Crippen LogP contribution < -0.4 is 10.6 Å². The van der Waals surface area contributed by atoms with E-state index in [4.69, 9.17) is 0 Å². The summed E-state index contributed by atoms with van der Waals surface area (Å²) in [5.74, 6) is -1.94. The van der Waals surface area contributed by atoms with E-state index in [1.165, 1.54) is 6.08 Å². The second-order valence-corrected chi connectivity index (χ2v) is 6.48. The molecule has 1 aromatic rings. The summed E-state index contributed by atoms with van der Waals surface area (Å²) < 4.78 is 0. The van der Waals surface area contributed by atoms with Gasteiger partial charge in [-0.2, -0.15) is 0 Å². The molecule has 0 radical (unpaired) electrons. The molecule has 0 fully saturated rings. The van der Waals surface area contributed by atoms with Crippen LogP contribution in [0, 0.1) is 12.8 Å². The number of fused-ring (bicyclic) bond motifs is 1. The number of hydrogen-bond donors (Lipinski definition) is 3. The van der Waals surface area contributed by atoms with Crippen molar-refractivity contribution in [3.05, 3.63) is 71.3 Å². The minimum absolute atomic E-state index is 0.0691. The fourth-order valence-electron chi connectivity index (χ4n) is 3.15. The van der Waals surface area contributed by atoms with Crippen molar-refractivity contribution in [3.8, 4) is 0 Å². The summed E-state index contributed by atoms with van der Waals surface area (Å²) in [5.41, 5.74) is 2.10. The molecule has 1 aliphatic carbocycles.